The lowest BCUT2D eigenvalue weighted by atomic mass is 10.1. The Morgan fingerprint density at radius 1 is 0.771 bits per heavy atom. The first kappa shape index (κ1) is 34.5. The Bertz CT molecular complexity index is 2460. The van der Waals surface area contributed by atoms with Crippen molar-refractivity contribution in [3.05, 3.63) is 72.0 Å². The van der Waals surface area contributed by atoms with Crippen LogP contribution >= 0.6 is 11.6 Å². The highest BCUT2D eigenvalue weighted by Crippen LogP contribution is 2.43. The number of methoxy groups -OCH3 is 1. The maximum atomic E-state index is 12.4. The Hall–Kier alpha value is -4.83. The van der Waals surface area contributed by atoms with Crippen molar-refractivity contribution in [2.45, 2.75) is 14.7 Å². The number of ether oxygens (including phenoxy) is 1. The van der Waals surface area contributed by atoms with Gasteiger partial charge >= 0.3 is 0 Å². The minimum Gasteiger partial charge on any atom is -0.505 e. The van der Waals surface area contributed by atoms with Crippen molar-refractivity contribution in [2.75, 3.05) is 19.1 Å². The van der Waals surface area contributed by atoms with E-state index in [4.69, 9.17) is 16.3 Å². The molecule has 0 saturated carbocycles. The molecule has 5 aromatic rings. The molecule has 0 aliphatic rings. The summed E-state index contributed by atoms with van der Waals surface area (Å²) in [6.07, 6.45) is 0. The van der Waals surface area contributed by atoms with Crippen LogP contribution in [0.25, 0.3) is 22.2 Å². The number of nitrogens with zero attached hydrogens (tertiary/aromatic N) is 6. The molecule has 0 spiro atoms. The number of rotatable bonds is 9. The lowest BCUT2D eigenvalue weighted by molar-refractivity contribution is 0.412. The van der Waals surface area contributed by atoms with Crippen LogP contribution in [0.4, 0.5) is 23.0 Å². The highest BCUT2D eigenvalue weighted by molar-refractivity contribution is 7.86. The van der Waals surface area contributed by atoms with Crippen LogP contribution in [0.3, 0.4) is 0 Å². The van der Waals surface area contributed by atoms with Gasteiger partial charge in [0, 0.05) is 29.8 Å². The highest BCUT2D eigenvalue weighted by atomic mass is 35.5. The molecule has 4 N–H and O–H groups in total. The van der Waals surface area contributed by atoms with Crippen LogP contribution in [0, 0.1) is 0 Å². The molecular formula is C27H21ClN6O11S3. The zero-order valence-electron chi connectivity index (χ0n) is 24.3. The smallest absolute Gasteiger partial charge is 0.296 e. The SMILES string of the molecule is COc1ccc(N=Nc2c(S(=O)(=O)O)cc3cc(N(C)c4nc(Cl)nc(-c5ccc(S(=O)(=O)O)cc5)n4)ccc3c2O)c(S(=O)(=O)O)c1. The third-order valence-electron chi connectivity index (χ3n) is 6.71. The largest absolute Gasteiger partial charge is 0.505 e. The molecule has 48 heavy (non-hydrogen) atoms. The second-order valence-electron chi connectivity index (χ2n) is 9.75. The van der Waals surface area contributed by atoms with Crippen LogP contribution in [0.5, 0.6) is 11.5 Å². The fourth-order valence-electron chi connectivity index (χ4n) is 4.37. The van der Waals surface area contributed by atoms with E-state index >= 15 is 0 Å². The topological polar surface area (TPSA) is 259 Å². The van der Waals surface area contributed by atoms with Gasteiger partial charge in [-0.2, -0.15) is 40.2 Å². The highest BCUT2D eigenvalue weighted by Gasteiger charge is 2.24. The van der Waals surface area contributed by atoms with Crippen LogP contribution in [0.1, 0.15) is 0 Å². The minimum absolute atomic E-state index is 0.00184. The summed E-state index contributed by atoms with van der Waals surface area (Å²) in [5, 5.41) is 18.4. The summed E-state index contributed by atoms with van der Waals surface area (Å²) in [5.41, 5.74) is -0.482. The van der Waals surface area contributed by atoms with Crippen molar-refractivity contribution in [3.8, 4) is 22.9 Å². The molecule has 1 heterocycles. The van der Waals surface area contributed by atoms with Crippen LogP contribution < -0.4 is 9.64 Å². The molecule has 0 aliphatic carbocycles. The predicted molar refractivity (Wildman–Crippen MR) is 171 cm³/mol. The molecule has 17 nitrogen and oxygen atoms in total. The molecule has 0 amide bonds. The number of phenolic OH excluding ortho intramolecular Hbond substituents is 1. The van der Waals surface area contributed by atoms with Gasteiger partial charge in [0.1, 0.15) is 26.9 Å². The van der Waals surface area contributed by atoms with Gasteiger partial charge in [-0.25, -0.2) is 0 Å². The summed E-state index contributed by atoms with van der Waals surface area (Å²) >= 11 is 6.14. The van der Waals surface area contributed by atoms with Gasteiger partial charge in [-0.1, -0.05) is 0 Å². The van der Waals surface area contributed by atoms with Crippen molar-refractivity contribution in [1.29, 1.82) is 0 Å². The Labute approximate surface area is 277 Å². The van der Waals surface area contributed by atoms with Crippen molar-refractivity contribution in [1.82, 2.24) is 15.0 Å². The minimum atomic E-state index is -5.06. The van der Waals surface area contributed by atoms with Crippen LogP contribution in [0.15, 0.2) is 91.6 Å². The summed E-state index contributed by atoms with van der Waals surface area (Å²) < 4.78 is 105. The molecule has 21 heteroatoms. The maximum absolute atomic E-state index is 12.4. The molecule has 0 bridgehead atoms. The standard InChI is InChI=1S/C27H21ClN6O11S3/c1-34(27-30-25(29-26(28)31-27)14-3-7-18(8-4-14)46(36,37)38)16-5-9-19-15(11-16)12-22(48(42,43)44)23(24(19)35)33-32-20-10-6-17(45-2)13-21(20)47(39,40)41/h3-13,35H,1-2H3,(H,36,37,38)(H,39,40,41)(H,42,43,44). The number of aromatic nitrogens is 3. The van der Waals surface area contributed by atoms with Gasteiger partial charge in [-0.15, -0.1) is 10.2 Å². The van der Waals surface area contributed by atoms with E-state index < -0.39 is 57.3 Å². The van der Waals surface area contributed by atoms with Crippen molar-refractivity contribution < 1.29 is 48.8 Å². The first-order valence-corrected chi connectivity index (χ1v) is 17.6. The number of fused-ring (bicyclic) bond motifs is 1. The van der Waals surface area contributed by atoms with E-state index in [-0.39, 0.29) is 38.5 Å². The number of phenols is 1. The second-order valence-corrected chi connectivity index (χ2v) is 14.3. The second kappa shape index (κ2) is 12.6. The van der Waals surface area contributed by atoms with Gasteiger partial charge in [0.2, 0.25) is 11.2 Å². The Balaban J connectivity index is 1.57. The molecule has 5 rings (SSSR count). The van der Waals surface area contributed by atoms with E-state index in [1.54, 1.807) is 0 Å². The van der Waals surface area contributed by atoms with Crippen LogP contribution in [0.2, 0.25) is 5.28 Å². The van der Waals surface area contributed by atoms with Crippen molar-refractivity contribution >= 4 is 75.7 Å². The molecule has 0 radical (unpaired) electrons. The van der Waals surface area contributed by atoms with Crippen LogP contribution in [-0.2, 0) is 30.4 Å². The summed E-state index contributed by atoms with van der Waals surface area (Å²) in [6.45, 7) is 0. The van der Waals surface area contributed by atoms with Gasteiger partial charge in [-0.05, 0) is 77.7 Å². The number of benzene rings is 4. The summed E-state index contributed by atoms with van der Waals surface area (Å²) in [5.74, 6) is -0.629. The predicted octanol–water partition coefficient (Wildman–Crippen LogP) is 4.98. The monoisotopic (exact) mass is 736 g/mol. The zero-order valence-corrected chi connectivity index (χ0v) is 27.5. The van der Waals surface area contributed by atoms with Gasteiger partial charge < -0.3 is 14.7 Å². The fraction of sp³-hybridized carbons (Fsp3) is 0.0741. The fourth-order valence-corrected chi connectivity index (χ4v) is 6.30. The Kier molecular flexibility index (Phi) is 9.09. The number of hydrogen-bond acceptors (Lipinski definition) is 14. The van der Waals surface area contributed by atoms with E-state index in [0.29, 0.717) is 11.3 Å². The molecule has 250 valence electrons. The van der Waals surface area contributed by atoms with Crippen molar-refractivity contribution in [3.63, 3.8) is 0 Å². The number of hydrogen-bond donors (Lipinski definition) is 4. The molecule has 4 aromatic carbocycles. The first-order valence-electron chi connectivity index (χ1n) is 12.9. The first-order chi connectivity index (χ1) is 22.4. The lowest BCUT2D eigenvalue weighted by Gasteiger charge is -2.19. The zero-order chi connectivity index (χ0) is 35.2. The molecule has 0 aliphatic heterocycles. The molecule has 0 saturated heterocycles. The molecule has 0 fully saturated rings. The Morgan fingerprint density at radius 3 is 2.04 bits per heavy atom. The number of anilines is 2. The summed E-state index contributed by atoms with van der Waals surface area (Å²) in [7, 11) is -11.5. The van der Waals surface area contributed by atoms with E-state index in [1.807, 2.05) is 0 Å². The number of halogens is 1. The maximum Gasteiger partial charge on any atom is 0.296 e. The summed E-state index contributed by atoms with van der Waals surface area (Å²) in [6, 6.07) is 13.7. The van der Waals surface area contributed by atoms with Gasteiger partial charge in [-0.3, -0.25) is 13.7 Å². The van der Waals surface area contributed by atoms with Crippen LogP contribution in [-0.4, -0.2) is 73.1 Å². The molecular weight excluding hydrogens is 716 g/mol. The summed E-state index contributed by atoms with van der Waals surface area (Å²) in [4.78, 5) is 12.0. The van der Waals surface area contributed by atoms with E-state index in [0.717, 1.165) is 30.3 Å². The molecule has 1 aromatic heterocycles. The third-order valence-corrected chi connectivity index (χ3v) is 9.50. The Morgan fingerprint density at radius 2 is 1.44 bits per heavy atom. The normalized spacial score (nSPS) is 12.5. The molecule has 0 unspecified atom stereocenters. The quantitative estimate of drug-likeness (QED) is 0.115. The third kappa shape index (κ3) is 7.18. The van der Waals surface area contributed by atoms with E-state index in [1.165, 1.54) is 55.5 Å². The number of azo groups is 1. The van der Waals surface area contributed by atoms with Gasteiger partial charge in [0.15, 0.2) is 11.6 Å². The lowest BCUT2D eigenvalue weighted by Crippen LogP contribution is -2.14. The average Bonchev–Trinajstić information content (AvgIpc) is 3.02. The number of aromatic hydroxyl groups is 1. The van der Waals surface area contributed by atoms with E-state index in [2.05, 4.69) is 25.2 Å². The van der Waals surface area contributed by atoms with Crippen molar-refractivity contribution in [2.24, 2.45) is 10.2 Å². The molecule has 0 atom stereocenters. The average molecular weight is 737 g/mol. The van der Waals surface area contributed by atoms with Gasteiger partial charge in [0.25, 0.3) is 30.4 Å². The van der Waals surface area contributed by atoms with Gasteiger partial charge in [0.05, 0.1) is 12.0 Å². The van der Waals surface area contributed by atoms with E-state index in [9.17, 15) is 44.0 Å².